The van der Waals surface area contributed by atoms with Crippen LogP contribution in [0.5, 0.6) is 0 Å². The van der Waals surface area contributed by atoms with E-state index in [1.54, 1.807) is 0 Å². The third-order valence-electron chi connectivity index (χ3n) is 1.40. The van der Waals surface area contributed by atoms with E-state index in [0.717, 1.165) is 18.9 Å². The van der Waals surface area contributed by atoms with Crippen LogP contribution in [0.15, 0.2) is 12.2 Å². The summed E-state index contributed by atoms with van der Waals surface area (Å²) in [5.74, 6) is -0.788. The Balaban J connectivity index is 3.61. The SMILES string of the molecule is CCCCNC(=O)/C=C\C(=O)OC. The molecule has 4 heteroatoms. The van der Waals surface area contributed by atoms with Crippen LogP contribution < -0.4 is 5.32 Å². The molecule has 0 spiro atoms. The molecule has 0 fully saturated rings. The molecule has 0 aliphatic rings. The summed E-state index contributed by atoms with van der Waals surface area (Å²) in [6.07, 6.45) is 4.24. The smallest absolute Gasteiger partial charge is 0.330 e. The van der Waals surface area contributed by atoms with E-state index < -0.39 is 5.97 Å². The van der Waals surface area contributed by atoms with Crippen LogP contribution in [0.1, 0.15) is 19.8 Å². The Kier molecular flexibility index (Phi) is 6.59. The van der Waals surface area contributed by atoms with Crippen molar-refractivity contribution in [3.8, 4) is 0 Å². The first-order chi connectivity index (χ1) is 6.20. The van der Waals surface area contributed by atoms with Crippen LogP contribution in [0, 0.1) is 0 Å². The highest BCUT2D eigenvalue weighted by Gasteiger charge is 1.95. The molecule has 0 unspecified atom stereocenters. The molecule has 0 aromatic rings. The fraction of sp³-hybridized carbons (Fsp3) is 0.556. The van der Waals surface area contributed by atoms with Gasteiger partial charge in [0.25, 0.3) is 0 Å². The Bertz CT molecular complexity index is 199. The van der Waals surface area contributed by atoms with Gasteiger partial charge in [0.2, 0.25) is 5.91 Å². The summed E-state index contributed by atoms with van der Waals surface area (Å²) in [5.41, 5.74) is 0. The Morgan fingerprint density at radius 1 is 1.38 bits per heavy atom. The summed E-state index contributed by atoms with van der Waals surface area (Å²) < 4.78 is 4.32. The summed E-state index contributed by atoms with van der Waals surface area (Å²) in [6, 6.07) is 0. The number of hydrogen-bond donors (Lipinski definition) is 1. The first kappa shape index (κ1) is 11.7. The number of ether oxygens (including phenoxy) is 1. The molecule has 13 heavy (non-hydrogen) atoms. The molecule has 74 valence electrons. The molecular formula is C9H15NO3. The van der Waals surface area contributed by atoms with Crippen molar-refractivity contribution in [3.63, 3.8) is 0 Å². The summed E-state index contributed by atoms with van der Waals surface area (Å²) in [4.78, 5) is 21.5. The molecule has 0 rings (SSSR count). The predicted octanol–water partition coefficient (Wildman–Crippen LogP) is 0.632. The van der Waals surface area contributed by atoms with Gasteiger partial charge in [0, 0.05) is 18.7 Å². The zero-order valence-corrected chi connectivity index (χ0v) is 8.00. The summed E-state index contributed by atoms with van der Waals surface area (Å²) in [6.45, 7) is 2.68. The Morgan fingerprint density at radius 3 is 2.62 bits per heavy atom. The molecule has 0 aliphatic carbocycles. The van der Waals surface area contributed by atoms with Crippen LogP contribution in [0.3, 0.4) is 0 Å². The minimum Gasteiger partial charge on any atom is -0.466 e. The maximum Gasteiger partial charge on any atom is 0.330 e. The first-order valence-corrected chi connectivity index (χ1v) is 4.24. The van der Waals surface area contributed by atoms with Crippen LogP contribution in [0.4, 0.5) is 0 Å². The largest absolute Gasteiger partial charge is 0.466 e. The third-order valence-corrected chi connectivity index (χ3v) is 1.40. The maximum absolute atomic E-state index is 10.9. The molecule has 1 amide bonds. The molecule has 0 atom stereocenters. The molecule has 0 aromatic carbocycles. The highest BCUT2D eigenvalue weighted by molar-refractivity contribution is 5.94. The molecule has 0 saturated carbocycles. The Hall–Kier alpha value is -1.32. The standard InChI is InChI=1S/C9H15NO3/c1-3-4-7-10-8(11)5-6-9(12)13-2/h5-6H,3-4,7H2,1-2H3,(H,10,11)/b6-5-. The summed E-state index contributed by atoms with van der Waals surface area (Å²) >= 11 is 0. The number of nitrogens with one attached hydrogen (secondary N) is 1. The number of methoxy groups -OCH3 is 1. The Morgan fingerprint density at radius 2 is 2.08 bits per heavy atom. The lowest BCUT2D eigenvalue weighted by molar-refractivity contribution is -0.135. The molecule has 4 nitrogen and oxygen atoms in total. The van der Waals surface area contributed by atoms with Crippen molar-refractivity contribution in [3.05, 3.63) is 12.2 Å². The zero-order chi connectivity index (χ0) is 10.1. The highest BCUT2D eigenvalue weighted by atomic mass is 16.5. The number of hydrogen-bond acceptors (Lipinski definition) is 3. The number of unbranched alkanes of at least 4 members (excludes halogenated alkanes) is 1. The van der Waals surface area contributed by atoms with E-state index in [1.165, 1.54) is 13.2 Å². The number of esters is 1. The van der Waals surface area contributed by atoms with Gasteiger partial charge in [-0.15, -0.1) is 0 Å². The number of carbonyl (C=O) groups excluding carboxylic acids is 2. The minimum absolute atomic E-state index is 0.265. The van der Waals surface area contributed by atoms with Gasteiger partial charge in [-0.3, -0.25) is 4.79 Å². The van der Waals surface area contributed by atoms with E-state index in [0.29, 0.717) is 6.54 Å². The summed E-state index contributed by atoms with van der Waals surface area (Å²) in [7, 11) is 1.27. The molecule has 0 aliphatic heterocycles. The fourth-order valence-corrected chi connectivity index (χ4v) is 0.659. The number of rotatable bonds is 5. The van der Waals surface area contributed by atoms with Crippen molar-refractivity contribution in [2.24, 2.45) is 0 Å². The van der Waals surface area contributed by atoms with Gasteiger partial charge < -0.3 is 10.1 Å². The molecule has 0 radical (unpaired) electrons. The van der Waals surface area contributed by atoms with Crippen molar-refractivity contribution >= 4 is 11.9 Å². The lowest BCUT2D eigenvalue weighted by atomic mass is 10.3. The van der Waals surface area contributed by atoms with Crippen molar-refractivity contribution < 1.29 is 14.3 Å². The van der Waals surface area contributed by atoms with Gasteiger partial charge in [-0.2, -0.15) is 0 Å². The van der Waals surface area contributed by atoms with Gasteiger partial charge in [-0.25, -0.2) is 4.79 Å². The van der Waals surface area contributed by atoms with Crippen molar-refractivity contribution in [1.29, 1.82) is 0 Å². The Labute approximate surface area is 78.0 Å². The molecule has 0 heterocycles. The normalized spacial score (nSPS) is 10.0. The number of amides is 1. The fourth-order valence-electron chi connectivity index (χ4n) is 0.659. The molecule has 0 bridgehead atoms. The zero-order valence-electron chi connectivity index (χ0n) is 8.00. The van der Waals surface area contributed by atoms with E-state index >= 15 is 0 Å². The molecular weight excluding hydrogens is 170 g/mol. The molecule has 1 N–H and O–H groups in total. The average Bonchev–Trinajstić information content (AvgIpc) is 2.14. The topological polar surface area (TPSA) is 55.4 Å². The van der Waals surface area contributed by atoms with Crippen LogP contribution in [-0.4, -0.2) is 25.5 Å². The number of carbonyl (C=O) groups is 2. The minimum atomic E-state index is -0.523. The molecule has 0 saturated heterocycles. The summed E-state index contributed by atoms with van der Waals surface area (Å²) in [5, 5.41) is 2.63. The van der Waals surface area contributed by atoms with Crippen LogP contribution in [-0.2, 0) is 14.3 Å². The predicted molar refractivity (Wildman–Crippen MR) is 49.1 cm³/mol. The first-order valence-electron chi connectivity index (χ1n) is 4.24. The van der Waals surface area contributed by atoms with E-state index in [1.807, 2.05) is 6.92 Å². The van der Waals surface area contributed by atoms with Crippen molar-refractivity contribution in [2.45, 2.75) is 19.8 Å². The lowest BCUT2D eigenvalue weighted by Gasteiger charge is -1.98. The van der Waals surface area contributed by atoms with Gasteiger partial charge in [-0.05, 0) is 6.42 Å². The van der Waals surface area contributed by atoms with Crippen LogP contribution in [0.25, 0.3) is 0 Å². The van der Waals surface area contributed by atoms with Gasteiger partial charge in [0.1, 0.15) is 0 Å². The second kappa shape index (κ2) is 7.34. The quantitative estimate of drug-likeness (QED) is 0.388. The highest BCUT2D eigenvalue weighted by Crippen LogP contribution is 1.83. The van der Waals surface area contributed by atoms with Gasteiger partial charge in [0.15, 0.2) is 0 Å². The van der Waals surface area contributed by atoms with Crippen LogP contribution in [0.2, 0.25) is 0 Å². The lowest BCUT2D eigenvalue weighted by Crippen LogP contribution is -2.22. The monoisotopic (exact) mass is 185 g/mol. The second-order valence-electron chi connectivity index (χ2n) is 2.50. The van der Waals surface area contributed by atoms with E-state index in [2.05, 4.69) is 10.1 Å². The van der Waals surface area contributed by atoms with Gasteiger partial charge in [-0.1, -0.05) is 13.3 Å². The van der Waals surface area contributed by atoms with Gasteiger partial charge in [0.05, 0.1) is 7.11 Å². The molecule has 0 aromatic heterocycles. The second-order valence-corrected chi connectivity index (χ2v) is 2.50. The van der Waals surface area contributed by atoms with E-state index in [-0.39, 0.29) is 5.91 Å². The van der Waals surface area contributed by atoms with Crippen LogP contribution >= 0.6 is 0 Å². The van der Waals surface area contributed by atoms with Crippen molar-refractivity contribution in [2.75, 3.05) is 13.7 Å². The van der Waals surface area contributed by atoms with E-state index in [9.17, 15) is 9.59 Å². The average molecular weight is 185 g/mol. The third kappa shape index (κ3) is 7.05. The van der Waals surface area contributed by atoms with Crippen molar-refractivity contribution in [1.82, 2.24) is 5.32 Å². The van der Waals surface area contributed by atoms with Gasteiger partial charge >= 0.3 is 5.97 Å². The van der Waals surface area contributed by atoms with E-state index in [4.69, 9.17) is 0 Å². The maximum atomic E-state index is 10.9.